The molecule has 0 aliphatic rings. The summed E-state index contributed by atoms with van der Waals surface area (Å²) in [7, 11) is -3.83. The van der Waals surface area contributed by atoms with E-state index >= 15 is 0 Å². The maximum atomic E-state index is 12.3. The van der Waals surface area contributed by atoms with Gasteiger partial charge in [-0.2, -0.15) is 13.5 Å². The third-order valence-corrected chi connectivity index (χ3v) is 5.48. The number of halogens is 1. The van der Waals surface area contributed by atoms with Gasteiger partial charge in [0.1, 0.15) is 0 Å². The third-order valence-electron chi connectivity index (χ3n) is 3.99. The monoisotopic (exact) mass is 458 g/mol. The molecule has 1 N–H and O–H groups in total. The Labute approximate surface area is 185 Å². The molecule has 0 bridgehead atoms. The van der Waals surface area contributed by atoms with E-state index in [1.165, 1.54) is 30.5 Å². The van der Waals surface area contributed by atoms with Crippen LogP contribution in [0.2, 0.25) is 5.02 Å². The Morgan fingerprint density at radius 1 is 1.03 bits per heavy atom. The molecule has 31 heavy (non-hydrogen) atoms. The van der Waals surface area contributed by atoms with Crippen molar-refractivity contribution >= 4 is 33.8 Å². The molecular formula is C22H19ClN2O5S. The van der Waals surface area contributed by atoms with Gasteiger partial charge >= 0.3 is 5.97 Å². The van der Waals surface area contributed by atoms with Crippen molar-refractivity contribution in [2.45, 2.75) is 11.8 Å². The Morgan fingerprint density at radius 2 is 1.74 bits per heavy atom. The van der Waals surface area contributed by atoms with E-state index in [4.69, 9.17) is 21.1 Å². The van der Waals surface area contributed by atoms with E-state index in [2.05, 4.69) is 9.93 Å². The van der Waals surface area contributed by atoms with E-state index in [1.807, 2.05) is 0 Å². The molecule has 0 heterocycles. The summed E-state index contributed by atoms with van der Waals surface area (Å²) in [4.78, 5) is 14.5. The number of sulfonamides is 1. The van der Waals surface area contributed by atoms with Crippen molar-refractivity contribution in [3.05, 3.63) is 88.9 Å². The minimum atomic E-state index is -3.83. The van der Waals surface area contributed by atoms with Crippen LogP contribution in [-0.4, -0.2) is 27.2 Å². The molecule has 0 atom stereocenters. The summed E-state index contributed by atoms with van der Waals surface area (Å²) in [5, 5.41) is 4.22. The zero-order valence-corrected chi connectivity index (χ0v) is 18.1. The molecule has 160 valence electrons. The van der Waals surface area contributed by atoms with Gasteiger partial charge < -0.3 is 9.47 Å². The van der Waals surface area contributed by atoms with E-state index in [1.54, 1.807) is 55.5 Å². The summed E-state index contributed by atoms with van der Waals surface area (Å²) in [6.07, 6.45) is 1.32. The molecular weight excluding hydrogens is 440 g/mol. The normalized spacial score (nSPS) is 11.3. The van der Waals surface area contributed by atoms with Crippen LogP contribution in [0.3, 0.4) is 0 Å². The number of hydrogen-bond acceptors (Lipinski definition) is 6. The van der Waals surface area contributed by atoms with Gasteiger partial charge in [-0.15, -0.1) is 0 Å². The lowest BCUT2D eigenvalue weighted by molar-refractivity contribution is 0.0728. The fraction of sp³-hybridized carbons (Fsp3) is 0.0909. The smallest absolute Gasteiger partial charge is 0.343 e. The van der Waals surface area contributed by atoms with Crippen LogP contribution < -0.4 is 14.3 Å². The number of carbonyl (C=O) groups is 1. The van der Waals surface area contributed by atoms with Crippen molar-refractivity contribution in [2.75, 3.05) is 6.61 Å². The van der Waals surface area contributed by atoms with Crippen LogP contribution in [0.25, 0.3) is 0 Å². The number of nitrogens with zero attached hydrogens (tertiary/aromatic N) is 1. The number of hydrazone groups is 1. The van der Waals surface area contributed by atoms with Gasteiger partial charge in [0.15, 0.2) is 11.5 Å². The Hall–Kier alpha value is -3.36. The molecule has 3 aromatic rings. The van der Waals surface area contributed by atoms with E-state index in [9.17, 15) is 13.2 Å². The van der Waals surface area contributed by atoms with Crippen molar-refractivity contribution in [3.8, 4) is 11.5 Å². The lowest BCUT2D eigenvalue weighted by Crippen LogP contribution is -2.18. The van der Waals surface area contributed by atoms with Crippen LogP contribution in [0.5, 0.6) is 11.5 Å². The van der Waals surface area contributed by atoms with Crippen LogP contribution in [0.1, 0.15) is 22.8 Å². The van der Waals surface area contributed by atoms with Gasteiger partial charge in [-0.25, -0.2) is 9.63 Å². The predicted molar refractivity (Wildman–Crippen MR) is 118 cm³/mol. The highest BCUT2D eigenvalue weighted by Gasteiger charge is 2.14. The van der Waals surface area contributed by atoms with E-state index in [0.29, 0.717) is 28.5 Å². The van der Waals surface area contributed by atoms with E-state index in [0.717, 1.165) is 0 Å². The van der Waals surface area contributed by atoms with Crippen molar-refractivity contribution in [1.29, 1.82) is 0 Å². The van der Waals surface area contributed by atoms with Gasteiger partial charge in [-0.3, -0.25) is 0 Å². The second kappa shape index (κ2) is 10.1. The molecule has 0 spiro atoms. The van der Waals surface area contributed by atoms with Crippen molar-refractivity contribution in [1.82, 2.24) is 4.83 Å². The summed E-state index contributed by atoms with van der Waals surface area (Å²) >= 11 is 5.78. The number of carbonyl (C=O) groups excluding carboxylic acids is 1. The molecule has 0 aliphatic heterocycles. The average molecular weight is 459 g/mol. The predicted octanol–water partition coefficient (Wildman–Crippen LogP) is 4.27. The molecule has 0 amide bonds. The molecule has 0 radical (unpaired) electrons. The summed E-state index contributed by atoms with van der Waals surface area (Å²) in [5.74, 6) is 0.0598. The summed E-state index contributed by atoms with van der Waals surface area (Å²) in [6, 6.07) is 19.1. The largest absolute Gasteiger partial charge is 0.490 e. The number of rotatable bonds is 8. The third kappa shape index (κ3) is 6.07. The first-order valence-electron chi connectivity index (χ1n) is 9.23. The van der Waals surface area contributed by atoms with Crippen molar-refractivity contribution in [3.63, 3.8) is 0 Å². The Balaban J connectivity index is 1.74. The van der Waals surface area contributed by atoms with Gasteiger partial charge in [0.2, 0.25) is 0 Å². The molecule has 0 aliphatic carbocycles. The second-order valence-electron chi connectivity index (χ2n) is 6.20. The summed E-state index contributed by atoms with van der Waals surface area (Å²) < 4.78 is 35.5. The first kappa shape index (κ1) is 22.3. The summed E-state index contributed by atoms with van der Waals surface area (Å²) in [6.45, 7) is 2.14. The van der Waals surface area contributed by atoms with Crippen LogP contribution in [0.4, 0.5) is 0 Å². The Morgan fingerprint density at radius 3 is 2.42 bits per heavy atom. The van der Waals surface area contributed by atoms with E-state index in [-0.39, 0.29) is 10.6 Å². The quantitative estimate of drug-likeness (QED) is 0.235. The van der Waals surface area contributed by atoms with Gasteiger partial charge in [-0.05, 0) is 67.1 Å². The highest BCUT2D eigenvalue weighted by molar-refractivity contribution is 7.89. The molecule has 3 rings (SSSR count). The molecule has 0 saturated carbocycles. The maximum absolute atomic E-state index is 12.3. The Bertz CT molecular complexity index is 1180. The fourth-order valence-electron chi connectivity index (χ4n) is 2.53. The lowest BCUT2D eigenvalue weighted by Gasteiger charge is -2.11. The number of hydrogen-bond donors (Lipinski definition) is 1. The Kier molecular flexibility index (Phi) is 7.28. The van der Waals surface area contributed by atoms with Crippen LogP contribution >= 0.6 is 11.6 Å². The molecule has 3 aromatic carbocycles. The molecule has 0 saturated heterocycles. The number of benzene rings is 3. The van der Waals surface area contributed by atoms with Crippen molar-refractivity contribution < 1.29 is 22.7 Å². The molecule has 0 unspecified atom stereocenters. The highest BCUT2D eigenvalue weighted by atomic mass is 35.5. The second-order valence-corrected chi connectivity index (χ2v) is 8.30. The standard InChI is InChI=1S/C22H19ClN2O5S/c1-2-29-21-14-16(8-13-20(21)30-22(26)17-6-4-3-5-7-17)15-24-25-31(27,28)19-11-9-18(23)10-12-19/h3-15,25H,2H2,1H3/b24-15+. The van der Waals surface area contributed by atoms with Crippen molar-refractivity contribution in [2.24, 2.45) is 5.10 Å². The molecule has 0 aromatic heterocycles. The zero-order valence-electron chi connectivity index (χ0n) is 16.5. The first-order chi connectivity index (χ1) is 14.9. The average Bonchev–Trinajstić information content (AvgIpc) is 2.76. The minimum absolute atomic E-state index is 0.0345. The van der Waals surface area contributed by atoms with Crippen LogP contribution in [-0.2, 0) is 10.0 Å². The van der Waals surface area contributed by atoms with Gasteiger partial charge in [0.05, 0.1) is 23.3 Å². The fourth-order valence-corrected chi connectivity index (χ4v) is 3.44. The maximum Gasteiger partial charge on any atom is 0.343 e. The SMILES string of the molecule is CCOc1cc(/C=N/NS(=O)(=O)c2ccc(Cl)cc2)ccc1OC(=O)c1ccccc1. The molecule has 0 fully saturated rings. The molecule has 7 nitrogen and oxygen atoms in total. The highest BCUT2D eigenvalue weighted by Crippen LogP contribution is 2.29. The van der Waals surface area contributed by atoms with Gasteiger partial charge in [-0.1, -0.05) is 29.8 Å². The van der Waals surface area contributed by atoms with Gasteiger partial charge in [0.25, 0.3) is 10.0 Å². The minimum Gasteiger partial charge on any atom is -0.490 e. The van der Waals surface area contributed by atoms with Crippen LogP contribution in [0.15, 0.2) is 82.8 Å². The number of nitrogens with one attached hydrogen (secondary N) is 1. The first-order valence-corrected chi connectivity index (χ1v) is 11.1. The number of esters is 1. The van der Waals surface area contributed by atoms with Gasteiger partial charge in [0, 0.05) is 5.02 Å². The lowest BCUT2D eigenvalue weighted by atomic mass is 10.2. The number of ether oxygens (including phenoxy) is 2. The van der Waals surface area contributed by atoms with Crippen LogP contribution in [0, 0.1) is 0 Å². The van der Waals surface area contributed by atoms with E-state index < -0.39 is 16.0 Å². The zero-order chi connectivity index (χ0) is 22.3. The topological polar surface area (TPSA) is 94.1 Å². The molecule has 9 heteroatoms. The summed E-state index contributed by atoms with van der Waals surface area (Å²) in [5.41, 5.74) is 0.953.